The maximum atomic E-state index is 12.3. The van der Waals surface area contributed by atoms with E-state index in [9.17, 15) is 9.59 Å². The number of rotatable bonds is 2. The molecule has 2 N–H and O–H groups in total. The van der Waals surface area contributed by atoms with Gasteiger partial charge in [-0.3, -0.25) is 19.1 Å². The molecule has 0 amide bonds. The van der Waals surface area contributed by atoms with Crippen molar-refractivity contribution in [1.82, 2.24) is 29.1 Å². The smallest absolute Gasteiger partial charge is 0.305 e. The monoisotopic (exact) mass is 344 g/mol. The van der Waals surface area contributed by atoms with Gasteiger partial charge in [-0.15, -0.1) is 0 Å². The van der Waals surface area contributed by atoms with E-state index in [1.54, 1.807) is 70.3 Å². The molecule has 26 heavy (non-hydrogen) atoms. The molecule has 0 aliphatic rings. The largest absolute Gasteiger partial charge is 0.331 e. The first-order chi connectivity index (χ1) is 12.7. The topological polar surface area (TPSA) is 101 Å². The fourth-order valence-electron chi connectivity index (χ4n) is 3.16. The maximum absolute atomic E-state index is 12.3. The van der Waals surface area contributed by atoms with Gasteiger partial charge in [0.2, 0.25) is 0 Å². The van der Waals surface area contributed by atoms with Crippen LogP contribution in [0.1, 0.15) is 0 Å². The van der Waals surface area contributed by atoms with Crippen molar-refractivity contribution in [3.8, 4) is 11.4 Å². The predicted molar refractivity (Wildman–Crippen MR) is 96.9 cm³/mol. The molecular weight excluding hydrogens is 332 g/mol. The van der Waals surface area contributed by atoms with E-state index in [0.29, 0.717) is 33.4 Å². The molecule has 0 aliphatic heterocycles. The molecule has 1 aromatic carbocycles. The summed E-state index contributed by atoms with van der Waals surface area (Å²) < 4.78 is 3.09. The minimum atomic E-state index is -0.241. The first-order valence-electron chi connectivity index (χ1n) is 7.93. The lowest BCUT2D eigenvalue weighted by Gasteiger charge is -2.06. The molecule has 126 valence electrons. The number of aromatic amines is 2. The van der Waals surface area contributed by atoms with Crippen molar-refractivity contribution in [3.63, 3.8) is 0 Å². The summed E-state index contributed by atoms with van der Waals surface area (Å²) in [5.41, 5.74) is 3.70. The van der Waals surface area contributed by atoms with Crippen molar-refractivity contribution >= 4 is 22.1 Å². The Hall–Kier alpha value is -3.94. The lowest BCUT2D eigenvalue weighted by atomic mass is 10.2. The van der Waals surface area contributed by atoms with Crippen LogP contribution in [0.4, 0.5) is 0 Å². The Bertz CT molecular complexity index is 1260. The molecule has 0 fully saturated rings. The van der Waals surface area contributed by atoms with Crippen molar-refractivity contribution in [3.05, 3.63) is 82.2 Å². The number of fused-ring (bicyclic) bond motifs is 2. The highest BCUT2D eigenvalue weighted by Crippen LogP contribution is 2.18. The fraction of sp³-hybridized carbons (Fsp3) is 0. The van der Waals surface area contributed by atoms with Crippen LogP contribution in [0.5, 0.6) is 0 Å². The van der Waals surface area contributed by atoms with E-state index in [1.165, 1.54) is 0 Å². The molecule has 4 aromatic heterocycles. The fourth-order valence-corrected chi connectivity index (χ4v) is 3.16. The number of nitrogens with one attached hydrogen (secondary N) is 2. The minimum Gasteiger partial charge on any atom is -0.305 e. The van der Waals surface area contributed by atoms with E-state index in [1.807, 2.05) is 0 Å². The number of aromatic nitrogens is 6. The summed E-state index contributed by atoms with van der Waals surface area (Å²) in [6.45, 7) is 0. The van der Waals surface area contributed by atoms with Gasteiger partial charge in [0, 0.05) is 12.4 Å². The molecule has 0 aliphatic carbocycles. The van der Waals surface area contributed by atoms with Gasteiger partial charge in [0.15, 0.2) is 0 Å². The van der Waals surface area contributed by atoms with Crippen LogP contribution in [0.15, 0.2) is 70.8 Å². The first kappa shape index (κ1) is 14.4. The quantitative estimate of drug-likeness (QED) is 0.509. The van der Waals surface area contributed by atoms with Gasteiger partial charge in [-0.1, -0.05) is 0 Å². The SMILES string of the molecule is O=c1[nH]c2ccncc2n1-c1ccc(-n2c(=O)[nH]c3ccncc32)cc1. The average molecular weight is 344 g/mol. The molecule has 0 radical (unpaired) electrons. The van der Waals surface area contributed by atoms with Crippen LogP contribution in [-0.4, -0.2) is 29.1 Å². The molecule has 0 unspecified atom stereocenters. The number of hydrogen-bond acceptors (Lipinski definition) is 4. The zero-order valence-electron chi connectivity index (χ0n) is 13.4. The Morgan fingerprint density at radius 3 is 1.50 bits per heavy atom. The standard InChI is InChI=1S/C18H12N6O2/c25-17-21-13-5-7-19-9-15(13)23(17)11-1-2-12(4-3-11)24-16-10-20-8-6-14(16)22-18(24)26/h1-10H,(H,21,25)(H,22,26). The summed E-state index contributed by atoms with van der Waals surface area (Å²) in [4.78, 5) is 38.3. The van der Waals surface area contributed by atoms with E-state index >= 15 is 0 Å². The van der Waals surface area contributed by atoms with Crippen LogP contribution in [0.2, 0.25) is 0 Å². The summed E-state index contributed by atoms with van der Waals surface area (Å²) in [7, 11) is 0. The van der Waals surface area contributed by atoms with Gasteiger partial charge in [0.05, 0.1) is 45.8 Å². The van der Waals surface area contributed by atoms with E-state index < -0.39 is 0 Å². The summed E-state index contributed by atoms with van der Waals surface area (Å²) in [5.74, 6) is 0. The number of nitrogens with zero attached hydrogens (tertiary/aromatic N) is 4. The van der Waals surface area contributed by atoms with Gasteiger partial charge in [0.25, 0.3) is 0 Å². The van der Waals surface area contributed by atoms with Gasteiger partial charge >= 0.3 is 11.4 Å². The Labute approximate surface area is 145 Å². The predicted octanol–water partition coefficient (Wildman–Crippen LogP) is 1.74. The van der Waals surface area contributed by atoms with Gasteiger partial charge in [-0.05, 0) is 36.4 Å². The normalized spacial score (nSPS) is 11.4. The lowest BCUT2D eigenvalue weighted by Crippen LogP contribution is -2.16. The number of pyridine rings is 2. The second-order valence-corrected chi connectivity index (χ2v) is 5.83. The second-order valence-electron chi connectivity index (χ2n) is 5.83. The third kappa shape index (κ3) is 2.02. The molecule has 0 saturated carbocycles. The van der Waals surface area contributed by atoms with E-state index in [2.05, 4.69) is 19.9 Å². The lowest BCUT2D eigenvalue weighted by molar-refractivity contribution is 0.993. The number of imidazole rings is 2. The van der Waals surface area contributed by atoms with Crippen LogP contribution >= 0.6 is 0 Å². The van der Waals surface area contributed by atoms with Crippen molar-refractivity contribution in [1.29, 1.82) is 0 Å². The molecular formula is C18H12N6O2. The molecule has 0 bridgehead atoms. The number of H-pyrrole nitrogens is 2. The molecule has 0 spiro atoms. The maximum Gasteiger partial charge on any atom is 0.331 e. The molecule has 8 heteroatoms. The summed E-state index contributed by atoms with van der Waals surface area (Å²) in [6.07, 6.45) is 6.53. The summed E-state index contributed by atoms with van der Waals surface area (Å²) in [6, 6.07) is 10.7. The van der Waals surface area contributed by atoms with Crippen LogP contribution in [0.25, 0.3) is 33.4 Å². The van der Waals surface area contributed by atoms with Gasteiger partial charge in [-0.2, -0.15) is 0 Å². The Balaban J connectivity index is 1.67. The third-order valence-electron chi connectivity index (χ3n) is 4.34. The minimum absolute atomic E-state index is 0.241. The van der Waals surface area contributed by atoms with Crippen LogP contribution in [-0.2, 0) is 0 Å². The molecule has 8 nitrogen and oxygen atoms in total. The van der Waals surface area contributed by atoms with Crippen molar-refractivity contribution in [2.24, 2.45) is 0 Å². The Morgan fingerprint density at radius 1 is 0.654 bits per heavy atom. The van der Waals surface area contributed by atoms with E-state index in [-0.39, 0.29) is 11.4 Å². The van der Waals surface area contributed by atoms with Gasteiger partial charge < -0.3 is 9.97 Å². The van der Waals surface area contributed by atoms with Crippen LogP contribution in [0, 0.1) is 0 Å². The summed E-state index contributed by atoms with van der Waals surface area (Å²) in [5, 5.41) is 0. The van der Waals surface area contributed by atoms with Crippen LogP contribution in [0.3, 0.4) is 0 Å². The molecule has 5 aromatic rings. The number of benzene rings is 1. The Kier molecular flexibility index (Phi) is 2.93. The van der Waals surface area contributed by atoms with Crippen molar-refractivity contribution < 1.29 is 0 Å². The molecule has 0 atom stereocenters. The van der Waals surface area contributed by atoms with Crippen molar-refractivity contribution in [2.75, 3.05) is 0 Å². The molecule has 4 heterocycles. The zero-order chi connectivity index (χ0) is 17.7. The van der Waals surface area contributed by atoms with E-state index in [4.69, 9.17) is 0 Å². The van der Waals surface area contributed by atoms with Crippen LogP contribution < -0.4 is 11.4 Å². The van der Waals surface area contributed by atoms with Gasteiger partial charge in [0.1, 0.15) is 0 Å². The highest BCUT2D eigenvalue weighted by molar-refractivity contribution is 5.77. The van der Waals surface area contributed by atoms with E-state index in [0.717, 1.165) is 0 Å². The molecule has 0 saturated heterocycles. The van der Waals surface area contributed by atoms with Crippen molar-refractivity contribution in [2.45, 2.75) is 0 Å². The number of hydrogen-bond donors (Lipinski definition) is 2. The Morgan fingerprint density at radius 2 is 1.08 bits per heavy atom. The zero-order valence-corrected chi connectivity index (χ0v) is 13.4. The molecule has 5 rings (SSSR count). The first-order valence-corrected chi connectivity index (χ1v) is 7.93. The second kappa shape index (κ2) is 5.28. The highest BCUT2D eigenvalue weighted by atomic mass is 16.1. The highest BCUT2D eigenvalue weighted by Gasteiger charge is 2.11. The average Bonchev–Trinajstić information content (AvgIpc) is 3.17. The summed E-state index contributed by atoms with van der Waals surface area (Å²) >= 11 is 0. The van der Waals surface area contributed by atoms with Gasteiger partial charge in [-0.25, -0.2) is 9.59 Å². The third-order valence-corrected chi connectivity index (χ3v) is 4.34.